The van der Waals surface area contributed by atoms with Crippen molar-refractivity contribution >= 4 is 41.5 Å². The maximum Gasteiger partial charge on any atom is 0.188 e. The van der Waals surface area contributed by atoms with Gasteiger partial charge in [-0.15, -0.1) is 24.0 Å². The lowest BCUT2D eigenvalue weighted by atomic mass is 10.1. The molecular weight excluding hydrogens is 389 g/mol. The van der Waals surface area contributed by atoms with Gasteiger partial charge in [0, 0.05) is 17.1 Å². The summed E-state index contributed by atoms with van der Waals surface area (Å²) in [4.78, 5) is 4.29. The number of methoxy groups -OCH3 is 1. The Bertz CT molecular complexity index is 438. The average molecular weight is 412 g/mol. The van der Waals surface area contributed by atoms with Crippen molar-refractivity contribution in [2.75, 3.05) is 13.7 Å². The number of benzene rings is 1. The van der Waals surface area contributed by atoms with E-state index in [0.717, 1.165) is 24.3 Å². The van der Waals surface area contributed by atoms with E-state index in [4.69, 9.17) is 22.1 Å². The number of halogens is 2. The highest BCUT2D eigenvalue weighted by Gasteiger charge is 2.03. The minimum Gasteiger partial charge on any atom is -0.496 e. The van der Waals surface area contributed by atoms with Crippen LogP contribution in [0.15, 0.2) is 23.2 Å². The molecule has 0 radical (unpaired) electrons. The molecule has 114 valence electrons. The summed E-state index contributed by atoms with van der Waals surface area (Å²) in [5.74, 6) is 1.83. The van der Waals surface area contributed by atoms with Crippen molar-refractivity contribution in [2.24, 2.45) is 16.6 Å². The SMILES string of the molecule is COc1cc(Cl)ccc1CN=C(N)NCCC(C)C.I. The first-order valence-electron chi connectivity index (χ1n) is 6.39. The fraction of sp³-hybridized carbons (Fsp3) is 0.500. The minimum atomic E-state index is 0. The molecule has 20 heavy (non-hydrogen) atoms. The van der Waals surface area contributed by atoms with Crippen LogP contribution in [0.5, 0.6) is 5.75 Å². The van der Waals surface area contributed by atoms with Crippen molar-refractivity contribution in [3.8, 4) is 5.75 Å². The summed E-state index contributed by atoms with van der Waals surface area (Å²) >= 11 is 5.90. The quantitative estimate of drug-likeness (QED) is 0.428. The van der Waals surface area contributed by atoms with Crippen molar-refractivity contribution in [1.82, 2.24) is 5.32 Å². The zero-order valence-corrected chi connectivity index (χ0v) is 15.2. The van der Waals surface area contributed by atoms with Crippen LogP contribution >= 0.6 is 35.6 Å². The molecule has 0 aliphatic heterocycles. The van der Waals surface area contributed by atoms with Crippen LogP contribution in [0.25, 0.3) is 0 Å². The normalized spacial score (nSPS) is 11.2. The lowest BCUT2D eigenvalue weighted by molar-refractivity contribution is 0.410. The lowest BCUT2D eigenvalue weighted by Crippen LogP contribution is -2.32. The van der Waals surface area contributed by atoms with E-state index in [1.807, 2.05) is 12.1 Å². The largest absolute Gasteiger partial charge is 0.496 e. The Morgan fingerprint density at radius 2 is 2.15 bits per heavy atom. The molecule has 0 aliphatic carbocycles. The molecule has 6 heteroatoms. The highest BCUT2D eigenvalue weighted by atomic mass is 127. The van der Waals surface area contributed by atoms with Gasteiger partial charge in [0.25, 0.3) is 0 Å². The lowest BCUT2D eigenvalue weighted by Gasteiger charge is -2.09. The van der Waals surface area contributed by atoms with Gasteiger partial charge in [0.15, 0.2) is 5.96 Å². The van der Waals surface area contributed by atoms with Crippen LogP contribution in [0.4, 0.5) is 0 Å². The van der Waals surface area contributed by atoms with Crippen LogP contribution < -0.4 is 15.8 Å². The predicted molar refractivity (Wildman–Crippen MR) is 96.2 cm³/mol. The number of rotatable bonds is 6. The van der Waals surface area contributed by atoms with E-state index in [-0.39, 0.29) is 24.0 Å². The first-order chi connectivity index (χ1) is 9.02. The molecule has 1 rings (SSSR count). The molecule has 0 unspecified atom stereocenters. The fourth-order valence-corrected chi connectivity index (χ4v) is 1.73. The van der Waals surface area contributed by atoms with E-state index in [0.29, 0.717) is 23.4 Å². The highest BCUT2D eigenvalue weighted by molar-refractivity contribution is 14.0. The van der Waals surface area contributed by atoms with Gasteiger partial charge in [-0.25, -0.2) is 4.99 Å². The van der Waals surface area contributed by atoms with Gasteiger partial charge in [-0.2, -0.15) is 0 Å². The second-order valence-corrected chi connectivity index (χ2v) is 5.20. The van der Waals surface area contributed by atoms with Gasteiger partial charge in [-0.3, -0.25) is 0 Å². The van der Waals surface area contributed by atoms with E-state index in [1.54, 1.807) is 13.2 Å². The van der Waals surface area contributed by atoms with Crippen LogP contribution in [-0.4, -0.2) is 19.6 Å². The smallest absolute Gasteiger partial charge is 0.188 e. The molecule has 0 amide bonds. The van der Waals surface area contributed by atoms with Crippen LogP contribution in [-0.2, 0) is 6.54 Å². The number of nitrogens with one attached hydrogen (secondary N) is 1. The first kappa shape index (κ1) is 19.3. The molecule has 1 aromatic carbocycles. The Balaban J connectivity index is 0.00000361. The standard InChI is InChI=1S/C14H22ClN3O.HI/c1-10(2)6-7-17-14(16)18-9-11-4-5-12(15)8-13(11)19-3;/h4-5,8,10H,6-7,9H2,1-3H3,(H3,16,17,18);1H. The van der Waals surface area contributed by atoms with Crippen LogP contribution in [0.3, 0.4) is 0 Å². The topological polar surface area (TPSA) is 59.6 Å². The summed E-state index contributed by atoms with van der Waals surface area (Å²) in [6.07, 6.45) is 1.07. The summed E-state index contributed by atoms with van der Waals surface area (Å²) in [5, 5.41) is 3.74. The maximum absolute atomic E-state index is 5.90. The molecule has 0 heterocycles. The Morgan fingerprint density at radius 1 is 1.45 bits per heavy atom. The summed E-state index contributed by atoms with van der Waals surface area (Å²) in [6, 6.07) is 5.48. The van der Waals surface area contributed by atoms with Gasteiger partial charge in [-0.1, -0.05) is 31.5 Å². The maximum atomic E-state index is 5.90. The summed E-state index contributed by atoms with van der Waals surface area (Å²) in [5.41, 5.74) is 6.76. The number of hydrogen-bond donors (Lipinski definition) is 2. The third kappa shape index (κ3) is 7.19. The molecule has 3 N–H and O–H groups in total. The third-order valence-electron chi connectivity index (χ3n) is 2.70. The van der Waals surface area contributed by atoms with Crippen molar-refractivity contribution < 1.29 is 4.74 Å². The van der Waals surface area contributed by atoms with E-state index in [2.05, 4.69) is 24.2 Å². The average Bonchev–Trinajstić information content (AvgIpc) is 2.36. The van der Waals surface area contributed by atoms with E-state index in [9.17, 15) is 0 Å². The molecule has 4 nitrogen and oxygen atoms in total. The zero-order valence-electron chi connectivity index (χ0n) is 12.1. The summed E-state index contributed by atoms with van der Waals surface area (Å²) in [7, 11) is 1.61. The monoisotopic (exact) mass is 411 g/mol. The number of ether oxygens (including phenoxy) is 1. The number of nitrogens with two attached hydrogens (primary N) is 1. The minimum absolute atomic E-state index is 0. The Kier molecular flexibility index (Phi) is 9.75. The second-order valence-electron chi connectivity index (χ2n) is 4.77. The van der Waals surface area contributed by atoms with E-state index in [1.165, 1.54) is 0 Å². The van der Waals surface area contributed by atoms with Gasteiger partial charge in [0.1, 0.15) is 5.75 Å². The van der Waals surface area contributed by atoms with Crippen molar-refractivity contribution in [1.29, 1.82) is 0 Å². The third-order valence-corrected chi connectivity index (χ3v) is 2.93. The molecule has 0 spiro atoms. The van der Waals surface area contributed by atoms with Gasteiger partial charge >= 0.3 is 0 Å². The summed E-state index contributed by atoms with van der Waals surface area (Å²) < 4.78 is 5.26. The number of hydrogen-bond acceptors (Lipinski definition) is 2. The molecule has 0 aromatic heterocycles. The molecule has 0 saturated heterocycles. The molecule has 0 aliphatic rings. The van der Waals surface area contributed by atoms with Crippen molar-refractivity contribution in [3.05, 3.63) is 28.8 Å². The van der Waals surface area contributed by atoms with Gasteiger partial charge in [0.2, 0.25) is 0 Å². The number of aliphatic imine (C=N–C) groups is 1. The summed E-state index contributed by atoms with van der Waals surface area (Å²) in [6.45, 7) is 5.66. The fourth-order valence-electron chi connectivity index (χ4n) is 1.56. The van der Waals surface area contributed by atoms with Gasteiger partial charge < -0.3 is 15.8 Å². The molecule has 0 saturated carbocycles. The van der Waals surface area contributed by atoms with Crippen LogP contribution in [0.2, 0.25) is 5.02 Å². The van der Waals surface area contributed by atoms with Crippen LogP contribution in [0, 0.1) is 5.92 Å². The molecule has 0 bridgehead atoms. The number of guanidine groups is 1. The molecular formula is C14H23ClIN3O. The highest BCUT2D eigenvalue weighted by Crippen LogP contribution is 2.23. The predicted octanol–water partition coefficient (Wildman–Crippen LogP) is 3.42. The van der Waals surface area contributed by atoms with E-state index >= 15 is 0 Å². The van der Waals surface area contributed by atoms with E-state index < -0.39 is 0 Å². The van der Waals surface area contributed by atoms with Crippen LogP contribution in [0.1, 0.15) is 25.8 Å². The zero-order chi connectivity index (χ0) is 14.3. The van der Waals surface area contributed by atoms with Crippen molar-refractivity contribution in [2.45, 2.75) is 26.8 Å². The van der Waals surface area contributed by atoms with Gasteiger partial charge in [-0.05, 0) is 24.5 Å². The first-order valence-corrected chi connectivity index (χ1v) is 6.77. The Labute approximate surface area is 143 Å². The molecule has 0 fully saturated rings. The van der Waals surface area contributed by atoms with Gasteiger partial charge in [0.05, 0.1) is 13.7 Å². The Hall–Kier alpha value is -0.690. The Morgan fingerprint density at radius 3 is 2.75 bits per heavy atom. The van der Waals surface area contributed by atoms with Crippen molar-refractivity contribution in [3.63, 3.8) is 0 Å². The molecule has 0 atom stereocenters. The number of nitrogens with zero attached hydrogens (tertiary/aromatic N) is 1. The molecule has 1 aromatic rings. The second kappa shape index (κ2) is 10.1.